The van der Waals surface area contributed by atoms with Gasteiger partial charge in [0.2, 0.25) is 0 Å². The number of nitrogens with two attached hydrogens (primary N) is 1. The largest absolute Gasteiger partial charge is 0.327 e. The minimum Gasteiger partial charge on any atom is -0.327 e. The van der Waals surface area contributed by atoms with E-state index in [1.807, 2.05) is 0 Å². The quantitative estimate of drug-likeness (QED) is 0.913. The molecule has 0 radical (unpaired) electrons. The van der Waals surface area contributed by atoms with Gasteiger partial charge < -0.3 is 5.73 Å². The lowest BCUT2D eigenvalue weighted by Gasteiger charge is -2.36. The van der Waals surface area contributed by atoms with Crippen LogP contribution < -0.4 is 5.73 Å². The van der Waals surface area contributed by atoms with Gasteiger partial charge in [-0.3, -0.25) is 4.68 Å². The first kappa shape index (κ1) is 14.9. The van der Waals surface area contributed by atoms with Crippen molar-refractivity contribution in [3.05, 3.63) is 16.9 Å². The van der Waals surface area contributed by atoms with E-state index < -0.39 is 0 Å². The number of nitrogens with zero attached hydrogens (tertiary/aromatic N) is 2. The monoisotopic (exact) mass is 283 g/mol. The smallest absolute Gasteiger partial charge is 0.0821 e. The summed E-state index contributed by atoms with van der Waals surface area (Å²) in [6.07, 6.45) is 6.34. The summed E-state index contributed by atoms with van der Waals surface area (Å²) < 4.78 is 2.07. The molecule has 2 rings (SSSR count). The van der Waals surface area contributed by atoms with Gasteiger partial charge in [-0.25, -0.2) is 0 Å². The zero-order chi connectivity index (χ0) is 14.0. The Labute approximate surface area is 121 Å². The molecular weight excluding hydrogens is 258 g/mol. The number of hydrogen-bond donors (Lipinski definition) is 1. The minimum absolute atomic E-state index is 0.222. The van der Waals surface area contributed by atoms with Crippen molar-refractivity contribution in [2.45, 2.75) is 65.0 Å². The Balaban J connectivity index is 2.25. The van der Waals surface area contributed by atoms with E-state index in [4.69, 9.17) is 17.3 Å². The molecule has 1 aliphatic rings. The number of hydrogen-bond acceptors (Lipinski definition) is 2. The predicted molar refractivity (Wildman–Crippen MR) is 80.4 cm³/mol. The molecule has 1 aromatic heterocycles. The third-order valence-corrected chi connectivity index (χ3v) is 4.80. The molecule has 0 aromatic carbocycles. The molecule has 3 unspecified atom stereocenters. The van der Waals surface area contributed by atoms with Crippen molar-refractivity contribution in [2.75, 3.05) is 0 Å². The minimum atomic E-state index is 0.222. The maximum absolute atomic E-state index is 6.37. The van der Waals surface area contributed by atoms with Gasteiger partial charge in [0.1, 0.15) is 0 Å². The molecule has 3 nitrogen and oxygen atoms in total. The average molecular weight is 284 g/mol. The van der Waals surface area contributed by atoms with Crippen LogP contribution >= 0.6 is 11.6 Å². The van der Waals surface area contributed by atoms with Crippen LogP contribution in [0.15, 0.2) is 6.20 Å². The van der Waals surface area contributed by atoms with Crippen molar-refractivity contribution in [3.8, 4) is 0 Å². The molecule has 1 fully saturated rings. The molecule has 1 aliphatic carbocycles. The molecule has 1 saturated carbocycles. The Morgan fingerprint density at radius 3 is 2.84 bits per heavy atom. The zero-order valence-corrected chi connectivity index (χ0v) is 13.0. The third-order valence-electron chi connectivity index (χ3n) is 4.51. The van der Waals surface area contributed by atoms with Gasteiger partial charge in [0.05, 0.1) is 16.9 Å². The molecule has 108 valence electrons. The fourth-order valence-electron chi connectivity index (χ4n) is 3.28. The standard InChI is InChI=1S/C15H26ClN3/c1-4-7-19-15(13(16)9-18-19)12-8-11(10(2)3)5-6-14(12)17/h9-12,14H,4-8,17H2,1-3H3. The summed E-state index contributed by atoms with van der Waals surface area (Å²) in [5, 5.41) is 5.20. The van der Waals surface area contributed by atoms with Crippen molar-refractivity contribution >= 4 is 11.6 Å². The van der Waals surface area contributed by atoms with Crippen molar-refractivity contribution in [2.24, 2.45) is 17.6 Å². The lowest BCUT2D eigenvalue weighted by atomic mass is 9.73. The molecule has 3 atom stereocenters. The molecule has 2 N–H and O–H groups in total. The van der Waals surface area contributed by atoms with E-state index in [-0.39, 0.29) is 6.04 Å². The van der Waals surface area contributed by atoms with Gasteiger partial charge in [-0.15, -0.1) is 0 Å². The van der Waals surface area contributed by atoms with Gasteiger partial charge in [-0.2, -0.15) is 5.10 Å². The fourth-order valence-corrected chi connectivity index (χ4v) is 3.56. The first-order valence-electron chi connectivity index (χ1n) is 7.51. The summed E-state index contributed by atoms with van der Waals surface area (Å²) in [5.41, 5.74) is 7.53. The van der Waals surface area contributed by atoms with Crippen molar-refractivity contribution in [1.29, 1.82) is 0 Å². The number of halogens is 1. The number of rotatable bonds is 4. The van der Waals surface area contributed by atoms with Crippen LogP contribution in [-0.4, -0.2) is 15.8 Å². The van der Waals surface area contributed by atoms with E-state index in [2.05, 4.69) is 30.6 Å². The Kier molecular flexibility index (Phi) is 4.91. The van der Waals surface area contributed by atoms with Crippen molar-refractivity contribution in [1.82, 2.24) is 9.78 Å². The lowest BCUT2D eigenvalue weighted by molar-refractivity contribution is 0.226. The SMILES string of the molecule is CCCn1ncc(Cl)c1C1CC(C(C)C)CCC1N. The van der Waals surface area contributed by atoms with E-state index in [9.17, 15) is 0 Å². The Morgan fingerprint density at radius 1 is 1.47 bits per heavy atom. The van der Waals surface area contributed by atoms with Gasteiger partial charge in [0, 0.05) is 18.5 Å². The van der Waals surface area contributed by atoms with Crippen LogP contribution in [0, 0.1) is 11.8 Å². The molecular formula is C15H26ClN3. The first-order chi connectivity index (χ1) is 9.04. The van der Waals surface area contributed by atoms with Gasteiger partial charge in [0.15, 0.2) is 0 Å². The lowest BCUT2D eigenvalue weighted by Crippen LogP contribution is -2.37. The van der Waals surface area contributed by atoms with E-state index in [1.54, 1.807) is 6.20 Å². The second-order valence-corrected chi connectivity index (χ2v) is 6.60. The van der Waals surface area contributed by atoms with Crippen LogP contribution in [0.5, 0.6) is 0 Å². The van der Waals surface area contributed by atoms with E-state index in [0.29, 0.717) is 5.92 Å². The van der Waals surface area contributed by atoms with Crippen LogP contribution in [0.2, 0.25) is 5.02 Å². The number of aromatic nitrogens is 2. The van der Waals surface area contributed by atoms with Crippen LogP contribution in [-0.2, 0) is 6.54 Å². The molecule has 1 heterocycles. The summed E-state index contributed by atoms with van der Waals surface area (Å²) >= 11 is 6.37. The Hall–Kier alpha value is -0.540. The molecule has 19 heavy (non-hydrogen) atoms. The summed E-state index contributed by atoms with van der Waals surface area (Å²) in [7, 11) is 0. The average Bonchev–Trinajstić information content (AvgIpc) is 2.72. The van der Waals surface area contributed by atoms with Crippen LogP contribution in [0.4, 0.5) is 0 Å². The summed E-state index contributed by atoms with van der Waals surface area (Å²) in [4.78, 5) is 0. The zero-order valence-electron chi connectivity index (χ0n) is 12.3. The van der Waals surface area contributed by atoms with Gasteiger partial charge in [-0.1, -0.05) is 32.4 Å². The Morgan fingerprint density at radius 2 is 2.21 bits per heavy atom. The van der Waals surface area contributed by atoms with E-state index in [1.165, 1.54) is 12.1 Å². The first-order valence-corrected chi connectivity index (χ1v) is 7.89. The molecule has 0 amide bonds. The topological polar surface area (TPSA) is 43.8 Å². The van der Waals surface area contributed by atoms with Crippen LogP contribution in [0.1, 0.15) is 58.1 Å². The van der Waals surface area contributed by atoms with Crippen LogP contribution in [0.3, 0.4) is 0 Å². The highest BCUT2D eigenvalue weighted by Crippen LogP contribution is 2.40. The predicted octanol–water partition coefficient (Wildman–Crippen LogP) is 3.81. The van der Waals surface area contributed by atoms with Gasteiger partial charge in [-0.05, 0) is 37.5 Å². The summed E-state index contributed by atoms with van der Waals surface area (Å²) in [5.74, 6) is 1.84. The maximum atomic E-state index is 6.37. The molecule has 0 saturated heterocycles. The second kappa shape index (κ2) is 6.27. The van der Waals surface area contributed by atoms with Crippen molar-refractivity contribution in [3.63, 3.8) is 0 Å². The fraction of sp³-hybridized carbons (Fsp3) is 0.800. The Bertz CT molecular complexity index is 414. The maximum Gasteiger partial charge on any atom is 0.0821 e. The van der Waals surface area contributed by atoms with Gasteiger partial charge in [0.25, 0.3) is 0 Å². The highest BCUT2D eigenvalue weighted by Gasteiger charge is 2.33. The van der Waals surface area contributed by atoms with Crippen LogP contribution in [0.25, 0.3) is 0 Å². The highest BCUT2D eigenvalue weighted by atomic mass is 35.5. The van der Waals surface area contributed by atoms with Crippen molar-refractivity contribution < 1.29 is 0 Å². The second-order valence-electron chi connectivity index (χ2n) is 6.19. The molecule has 0 aliphatic heterocycles. The van der Waals surface area contributed by atoms with E-state index in [0.717, 1.165) is 42.7 Å². The normalized spacial score (nSPS) is 28.0. The summed E-state index contributed by atoms with van der Waals surface area (Å²) in [6.45, 7) is 7.71. The highest BCUT2D eigenvalue weighted by molar-refractivity contribution is 6.31. The third kappa shape index (κ3) is 3.14. The molecule has 4 heteroatoms. The summed E-state index contributed by atoms with van der Waals surface area (Å²) in [6, 6.07) is 0.222. The molecule has 0 bridgehead atoms. The molecule has 1 aromatic rings. The van der Waals surface area contributed by atoms with Gasteiger partial charge >= 0.3 is 0 Å². The van der Waals surface area contributed by atoms with E-state index >= 15 is 0 Å². The molecule has 0 spiro atoms. The number of aryl methyl sites for hydroxylation is 1.